The van der Waals surface area contributed by atoms with Crippen molar-refractivity contribution >= 4 is 53.2 Å². The molecule has 6 aromatic rings. The summed E-state index contributed by atoms with van der Waals surface area (Å²) in [4.78, 5) is 134. The van der Waals surface area contributed by atoms with Crippen molar-refractivity contribution in [2.45, 2.75) is 117 Å². The van der Waals surface area contributed by atoms with E-state index in [0.29, 0.717) is 39.9 Å². The minimum Gasteiger partial charge on any atom is -0.494 e. The number of benzene rings is 6. The molecule has 24 nitrogen and oxygen atoms in total. The number of nitrogens with one attached hydrogen (secondary N) is 3. The number of nitrogens with zero attached hydrogens (tertiary/aromatic N) is 9. The van der Waals surface area contributed by atoms with Crippen molar-refractivity contribution in [1.29, 1.82) is 0 Å². The van der Waals surface area contributed by atoms with Gasteiger partial charge < -0.3 is 38.7 Å². The highest BCUT2D eigenvalue weighted by atomic mass is 19.1. The van der Waals surface area contributed by atoms with Gasteiger partial charge in [0.05, 0.1) is 57.3 Å². The number of carbonyl (C=O) groups excluding carboxylic acids is 9. The van der Waals surface area contributed by atoms with Crippen LogP contribution in [-0.2, 0) is 61.5 Å². The van der Waals surface area contributed by atoms with Crippen LogP contribution in [0, 0.1) is 75.0 Å². The first kappa shape index (κ1) is 85.1. The van der Waals surface area contributed by atoms with E-state index in [1.54, 1.807) is 30.3 Å². The van der Waals surface area contributed by atoms with Gasteiger partial charge in [-0.3, -0.25) is 78.7 Å². The summed E-state index contributed by atoms with van der Waals surface area (Å²) in [6.45, 7) is 22.1. The molecule has 1 unspecified atom stereocenters. The van der Waals surface area contributed by atoms with Gasteiger partial charge in [-0.25, -0.2) is 17.6 Å². The average Bonchev–Trinajstić information content (AvgIpc) is 1.62. The Hall–Kier alpha value is -11.3. The molecule has 16 rings (SSSR count). The van der Waals surface area contributed by atoms with Crippen molar-refractivity contribution in [2.75, 3.05) is 133 Å². The summed E-state index contributed by atoms with van der Waals surface area (Å²) < 4.78 is 74.5. The SMILES string of the molecule is CCN1CCN(C(C)c2ccc(C#C[C@]3(CN4Cc5ccc(OC)c(F)c5C4=O)CC(=O)NC3=O)cc2)CC1.CCN1CCN(Cc2ccc(C#C[C@]3(CN4Cc5ccc(OC)c(F)c5C4=O)CC(=O)NC3=O)cc2F)CC1.COc1ccc2c(c1F)C(=O)N(C[C@@]1(C#Cc3ccc(CN4CCN(C5CCCCC5)CC4)cc3)CC(=O)NC1=O)C2. The first-order chi connectivity index (χ1) is 57.8. The van der Waals surface area contributed by atoms with E-state index in [1.165, 1.54) is 104 Å². The van der Waals surface area contributed by atoms with Gasteiger partial charge in [0.15, 0.2) is 34.7 Å². The first-order valence-corrected chi connectivity index (χ1v) is 41.2. The van der Waals surface area contributed by atoms with E-state index >= 15 is 0 Å². The maximum Gasteiger partial charge on any atom is 0.257 e. The number of fused-ring (bicyclic) bond motifs is 3. The van der Waals surface area contributed by atoms with Crippen molar-refractivity contribution in [3.63, 3.8) is 0 Å². The zero-order chi connectivity index (χ0) is 84.7. The first-order valence-electron chi connectivity index (χ1n) is 41.2. The molecule has 9 aliphatic heterocycles. The molecule has 0 aromatic heterocycles. The van der Waals surface area contributed by atoms with Crippen molar-refractivity contribution in [1.82, 2.24) is 60.0 Å². The van der Waals surface area contributed by atoms with Crippen molar-refractivity contribution in [2.24, 2.45) is 16.2 Å². The van der Waals surface area contributed by atoms with Gasteiger partial charge in [-0.15, -0.1) is 0 Å². The van der Waals surface area contributed by atoms with Crippen LogP contribution in [0.4, 0.5) is 17.6 Å². The molecule has 4 atom stereocenters. The monoisotopic (exact) mass is 1640 g/mol. The third kappa shape index (κ3) is 18.4. The van der Waals surface area contributed by atoms with E-state index in [0.717, 1.165) is 110 Å². The molecule has 1 saturated carbocycles. The molecule has 6 saturated heterocycles. The summed E-state index contributed by atoms with van der Waals surface area (Å²) in [6.07, 6.45) is 6.22. The molecule has 28 heteroatoms. The van der Waals surface area contributed by atoms with E-state index in [1.807, 2.05) is 36.4 Å². The summed E-state index contributed by atoms with van der Waals surface area (Å²) in [5, 5.41) is 6.93. The van der Waals surface area contributed by atoms with Crippen LogP contribution in [0.3, 0.4) is 0 Å². The zero-order valence-corrected chi connectivity index (χ0v) is 68.6. The molecule has 628 valence electrons. The van der Waals surface area contributed by atoms with Gasteiger partial charge in [-0.1, -0.05) is 117 Å². The summed E-state index contributed by atoms with van der Waals surface area (Å²) in [5.41, 5.74) is 1.60. The summed E-state index contributed by atoms with van der Waals surface area (Å²) >= 11 is 0. The number of carbonyl (C=O) groups is 9. The second kappa shape index (κ2) is 36.7. The predicted octanol–water partition coefficient (Wildman–Crippen LogP) is 8.05. The minimum atomic E-state index is -1.54. The van der Waals surface area contributed by atoms with E-state index in [2.05, 4.69) is 114 Å². The number of hydrogen-bond donors (Lipinski definition) is 3. The summed E-state index contributed by atoms with van der Waals surface area (Å²) in [7, 11) is 3.98. The number of piperazine rings is 3. The summed E-state index contributed by atoms with van der Waals surface area (Å²) in [6, 6.07) is 30.9. The molecule has 1 aliphatic carbocycles. The molecule has 6 aromatic carbocycles. The third-order valence-corrected chi connectivity index (χ3v) is 25.0. The van der Waals surface area contributed by atoms with Gasteiger partial charge in [0.25, 0.3) is 17.7 Å². The molecule has 0 spiro atoms. The van der Waals surface area contributed by atoms with Gasteiger partial charge >= 0.3 is 0 Å². The number of hydrogen-bond acceptors (Lipinski definition) is 18. The Morgan fingerprint density at radius 2 is 0.800 bits per heavy atom. The lowest BCUT2D eigenvalue weighted by Gasteiger charge is -2.40. The average molecular weight is 1640 g/mol. The predicted molar refractivity (Wildman–Crippen MR) is 437 cm³/mol. The molecule has 9 amide bonds. The fourth-order valence-electron chi connectivity index (χ4n) is 17.8. The lowest BCUT2D eigenvalue weighted by Crippen LogP contribution is -2.50. The Morgan fingerprint density at radius 1 is 0.433 bits per heavy atom. The van der Waals surface area contributed by atoms with Crippen LogP contribution in [0.5, 0.6) is 17.2 Å². The van der Waals surface area contributed by atoms with Crippen LogP contribution >= 0.6 is 0 Å². The zero-order valence-electron chi connectivity index (χ0n) is 68.6. The number of methoxy groups -OCH3 is 3. The number of rotatable bonds is 18. The molecule has 0 bridgehead atoms. The molecule has 10 aliphatic rings. The Morgan fingerprint density at radius 3 is 1.18 bits per heavy atom. The number of amides is 9. The topological polar surface area (TPSA) is 247 Å². The van der Waals surface area contributed by atoms with Crippen LogP contribution in [0.25, 0.3) is 0 Å². The molecule has 7 fully saturated rings. The molecule has 120 heavy (non-hydrogen) atoms. The molecule has 3 N–H and O–H groups in total. The van der Waals surface area contributed by atoms with Crippen LogP contribution in [0.2, 0.25) is 0 Å². The second-order valence-corrected chi connectivity index (χ2v) is 32.6. The standard InChI is InChI=1S/C33H37FN4O4.C30H33FN4O4.C29H30F2N4O4/c1-42-27-12-11-25-21-38(31(40)29(25)30(27)34)22-33(19-28(39)35-32(33)41)14-13-23-7-9-24(10-8-23)20-36-15-17-37(18-16-36)26-5-3-2-4-6-26;1-4-33-13-15-34(16-14-33)20(2)22-7-5-21(6-8-22)11-12-30(17-25(36)32-29(30)38)19-35-18-23-9-10-24(39-3)27(31)26(23)28(35)37;1-3-33-10-12-34(13-11-33)16-20-5-4-19(14-22(20)30)8-9-29(15-24(36)32-28(29)38)18-35-17-21-6-7-23(39-2)26(31)25(21)27(35)37/h7-12,26H,2-6,15-22H2,1H3,(H,35,39,41);5-10,20H,4,13-19H2,1-3H3,(H,32,36,38);4-7,14H,3,10-13,15-18H2,1-2H3,(H,32,36,38)/t33-;20?,30-;29-/m111/s1. The van der Waals surface area contributed by atoms with Crippen LogP contribution < -0.4 is 30.2 Å². The smallest absolute Gasteiger partial charge is 0.257 e. The Bertz CT molecular complexity index is 5200. The molecule has 9 heterocycles. The largest absolute Gasteiger partial charge is 0.494 e. The Balaban J connectivity index is 0.000000148. The van der Waals surface area contributed by atoms with Gasteiger partial charge in [0.1, 0.15) is 22.1 Å². The Labute approximate surface area is 696 Å². The van der Waals surface area contributed by atoms with Gasteiger partial charge in [-0.05, 0) is 115 Å². The van der Waals surface area contributed by atoms with Crippen LogP contribution in [-0.4, -0.2) is 236 Å². The third-order valence-electron chi connectivity index (χ3n) is 25.0. The van der Waals surface area contributed by atoms with E-state index < -0.39 is 92.7 Å². The second-order valence-electron chi connectivity index (χ2n) is 32.6. The van der Waals surface area contributed by atoms with Crippen molar-refractivity contribution in [3.05, 3.63) is 193 Å². The minimum absolute atomic E-state index is 0.0163. The molecular weight excluding hydrogens is 1540 g/mol. The Kier molecular flexibility index (Phi) is 26.1. The van der Waals surface area contributed by atoms with E-state index in [4.69, 9.17) is 14.2 Å². The number of likely N-dealkylation sites (N-methyl/N-ethyl adjacent to an activating group) is 2. The fraction of sp³-hybridized carbons (Fsp3) is 0.446. The van der Waals surface area contributed by atoms with Gasteiger partial charge in [0, 0.05) is 165 Å². The maximum absolute atomic E-state index is 15.0. The summed E-state index contributed by atoms with van der Waals surface area (Å²) in [5.74, 6) is 10.4. The number of imide groups is 3. The number of ether oxygens (including phenoxy) is 3. The highest BCUT2D eigenvalue weighted by molar-refractivity contribution is 6.10. The molecule has 0 radical (unpaired) electrons. The van der Waals surface area contributed by atoms with Crippen molar-refractivity contribution < 1.29 is 74.9 Å². The van der Waals surface area contributed by atoms with Crippen molar-refractivity contribution in [3.8, 4) is 52.8 Å². The highest BCUT2D eigenvalue weighted by Crippen LogP contribution is 2.40. The van der Waals surface area contributed by atoms with E-state index in [-0.39, 0.29) is 98.5 Å². The highest BCUT2D eigenvalue weighted by Gasteiger charge is 2.52. The van der Waals surface area contributed by atoms with Crippen LogP contribution in [0.15, 0.2) is 103 Å². The number of halogens is 4. The quantitative estimate of drug-likeness (QED) is 0.0418. The van der Waals surface area contributed by atoms with Crippen LogP contribution in [0.1, 0.15) is 159 Å². The van der Waals surface area contributed by atoms with E-state index in [9.17, 15) is 60.7 Å². The molecular formula is C92H100F4N12O12. The van der Waals surface area contributed by atoms with Gasteiger partial charge in [-0.2, -0.15) is 0 Å². The lowest BCUT2D eigenvalue weighted by molar-refractivity contribution is -0.128. The lowest BCUT2D eigenvalue weighted by atomic mass is 9.85. The normalized spacial score (nSPS) is 22.5. The maximum atomic E-state index is 15.0. The fourth-order valence-corrected chi connectivity index (χ4v) is 17.8. The van der Waals surface area contributed by atoms with Gasteiger partial charge in [0.2, 0.25) is 35.4 Å².